The van der Waals surface area contributed by atoms with E-state index in [4.69, 9.17) is 14.9 Å². The molecule has 2 aromatic rings. The minimum atomic E-state index is -0.534. The molecule has 2 fully saturated rings. The molecule has 3 N–H and O–H groups in total. The van der Waals surface area contributed by atoms with Gasteiger partial charge in [0.15, 0.2) is 11.5 Å². The molecule has 1 aliphatic heterocycles. The van der Waals surface area contributed by atoms with Crippen molar-refractivity contribution in [3.05, 3.63) is 24.1 Å². The van der Waals surface area contributed by atoms with E-state index in [9.17, 15) is 4.79 Å². The summed E-state index contributed by atoms with van der Waals surface area (Å²) in [5.41, 5.74) is 7.63. The number of anilines is 1. The third-order valence-corrected chi connectivity index (χ3v) is 4.91. The predicted octanol–water partition coefficient (Wildman–Crippen LogP) is 2.82. The number of fused-ring (bicyclic) bond motifs is 1. The summed E-state index contributed by atoms with van der Waals surface area (Å²) in [5, 5.41) is 2.99. The number of hydrogen-bond acceptors (Lipinski definition) is 5. The van der Waals surface area contributed by atoms with Gasteiger partial charge in [-0.15, -0.1) is 12.4 Å². The second-order valence-electron chi connectivity index (χ2n) is 6.56. The van der Waals surface area contributed by atoms with Crippen LogP contribution in [0.5, 0.6) is 0 Å². The first kappa shape index (κ1) is 17.2. The molecule has 1 aliphatic carbocycles. The van der Waals surface area contributed by atoms with Gasteiger partial charge in [-0.1, -0.05) is 0 Å². The first-order valence-corrected chi connectivity index (χ1v) is 8.20. The monoisotopic (exact) mass is 351 g/mol. The van der Waals surface area contributed by atoms with Crippen molar-refractivity contribution in [2.75, 3.05) is 25.1 Å². The van der Waals surface area contributed by atoms with Crippen LogP contribution in [0.4, 0.5) is 5.69 Å². The first-order chi connectivity index (χ1) is 11.2. The Labute approximate surface area is 146 Å². The zero-order chi connectivity index (χ0) is 15.9. The lowest BCUT2D eigenvalue weighted by molar-refractivity contribution is -0.130. The molecule has 130 valence electrons. The van der Waals surface area contributed by atoms with Crippen molar-refractivity contribution >= 4 is 35.1 Å². The van der Waals surface area contributed by atoms with Crippen molar-refractivity contribution < 1.29 is 13.9 Å². The zero-order valence-corrected chi connectivity index (χ0v) is 14.2. The largest absolute Gasteiger partial charge is 0.440 e. The van der Waals surface area contributed by atoms with Gasteiger partial charge in [-0.3, -0.25) is 4.79 Å². The molecule has 2 heterocycles. The van der Waals surface area contributed by atoms with Crippen molar-refractivity contribution in [2.45, 2.75) is 31.6 Å². The fourth-order valence-electron chi connectivity index (χ4n) is 3.07. The topological polar surface area (TPSA) is 90.4 Å². The van der Waals surface area contributed by atoms with Crippen LogP contribution in [0.2, 0.25) is 0 Å². The van der Waals surface area contributed by atoms with Crippen LogP contribution in [0.1, 0.15) is 37.5 Å². The lowest BCUT2D eigenvalue weighted by Gasteiger charge is -2.34. The van der Waals surface area contributed by atoms with Crippen LogP contribution in [0.25, 0.3) is 11.1 Å². The molecule has 1 saturated carbocycles. The van der Waals surface area contributed by atoms with E-state index in [0.29, 0.717) is 38.5 Å². The van der Waals surface area contributed by atoms with Crippen LogP contribution in [0.3, 0.4) is 0 Å². The molecule has 1 amide bonds. The molecule has 0 atom stereocenters. The normalized spacial score (nSPS) is 19.7. The number of nitrogens with one attached hydrogen (secondary N) is 1. The molecule has 2 aliphatic rings. The SMILES string of the molecule is Cl.NCC1(C(=O)Nc2ccc3nc(C4CC4)oc3c2)CCOCC1. The molecule has 0 spiro atoms. The van der Waals surface area contributed by atoms with Crippen LogP contribution in [0.15, 0.2) is 22.6 Å². The van der Waals surface area contributed by atoms with Crippen LogP contribution in [-0.4, -0.2) is 30.6 Å². The lowest BCUT2D eigenvalue weighted by Crippen LogP contribution is -2.46. The van der Waals surface area contributed by atoms with E-state index in [1.807, 2.05) is 18.2 Å². The second-order valence-corrected chi connectivity index (χ2v) is 6.56. The van der Waals surface area contributed by atoms with Crippen molar-refractivity contribution in [1.29, 1.82) is 0 Å². The third kappa shape index (κ3) is 3.14. The van der Waals surface area contributed by atoms with Crippen LogP contribution in [-0.2, 0) is 9.53 Å². The van der Waals surface area contributed by atoms with Gasteiger partial charge in [-0.25, -0.2) is 4.98 Å². The Bertz CT molecular complexity index is 736. The number of hydrogen-bond donors (Lipinski definition) is 2. The van der Waals surface area contributed by atoms with Crippen LogP contribution < -0.4 is 11.1 Å². The van der Waals surface area contributed by atoms with Gasteiger partial charge in [-0.05, 0) is 37.8 Å². The van der Waals surface area contributed by atoms with Crippen molar-refractivity contribution in [2.24, 2.45) is 11.1 Å². The number of halogens is 1. The number of nitrogens with two attached hydrogens (primary N) is 1. The Morgan fingerprint density at radius 3 is 2.75 bits per heavy atom. The number of nitrogens with zero attached hydrogens (tertiary/aromatic N) is 1. The average molecular weight is 352 g/mol. The zero-order valence-electron chi connectivity index (χ0n) is 13.4. The second kappa shape index (κ2) is 6.70. The molecular formula is C17H22ClN3O3. The van der Waals surface area contributed by atoms with Gasteiger partial charge in [-0.2, -0.15) is 0 Å². The smallest absolute Gasteiger partial charge is 0.232 e. The minimum Gasteiger partial charge on any atom is -0.440 e. The molecule has 1 aromatic carbocycles. The summed E-state index contributed by atoms with van der Waals surface area (Å²) in [6.45, 7) is 1.49. The number of oxazole rings is 1. The summed E-state index contributed by atoms with van der Waals surface area (Å²) in [7, 11) is 0. The molecule has 1 saturated heterocycles. The van der Waals surface area contributed by atoms with E-state index in [0.717, 1.165) is 35.5 Å². The number of ether oxygens (including phenoxy) is 1. The quantitative estimate of drug-likeness (QED) is 0.883. The Balaban J connectivity index is 0.00000169. The van der Waals surface area contributed by atoms with Crippen molar-refractivity contribution in [3.8, 4) is 0 Å². The summed E-state index contributed by atoms with van der Waals surface area (Å²) in [4.78, 5) is 17.2. The standard InChI is InChI=1S/C17H21N3O3.ClH/c18-10-17(5-7-22-8-6-17)16(21)19-12-3-4-13-14(9-12)23-15(20-13)11-1-2-11;/h3-4,9,11H,1-2,5-8,10,18H2,(H,19,21);1H. The fourth-order valence-corrected chi connectivity index (χ4v) is 3.07. The molecule has 7 heteroatoms. The maximum atomic E-state index is 12.7. The van der Waals surface area contributed by atoms with E-state index in [2.05, 4.69) is 10.3 Å². The number of carbonyl (C=O) groups excluding carboxylic acids is 1. The summed E-state index contributed by atoms with van der Waals surface area (Å²) in [6.07, 6.45) is 3.62. The Kier molecular flexibility index (Phi) is 4.80. The maximum Gasteiger partial charge on any atom is 0.232 e. The van der Waals surface area contributed by atoms with Crippen LogP contribution >= 0.6 is 12.4 Å². The van der Waals surface area contributed by atoms with E-state index in [-0.39, 0.29) is 18.3 Å². The lowest BCUT2D eigenvalue weighted by atomic mass is 9.79. The van der Waals surface area contributed by atoms with E-state index in [1.165, 1.54) is 0 Å². The number of benzene rings is 1. The maximum absolute atomic E-state index is 12.7. The molecule has 6 nitrogen and oxygen atoms in total. The van der Waals surface area contributed by atoms with Gasteiger partial charge < -0.3 is 20.2 Å². The van der Waals surface area contributed by atoms with E-state index in [1.54, 1.807) is 0 Å². The highest BCUT2D eigenvalue weighted by molar-refractivity contribution is 5.97. The van der Waals surface area contributed by atoms with Crippen molar-refractivity contribution in [1.82, 2.24) is 4.98 Å². The van der Waals surface area contributed by atoms with Gasteiger partial charge in [0.1, 0.15) is 5.52 Å². The Morgan fingerprint density at radius 1 is 1.33 bits per heavy atom. The number of carbonyl (C=O) groups is 1. The number of amides is 1. The van der Waals surface area contributed by atoms with Crippen molar-refractivity contribution in [3.63, 3.8) is 0 Å². The fraction of sp³-hybridized carbons (Fsp3) is 0.529. The molecule has 0 radical (unpaired) electrons. The highest BCUT2D eigenvalue weighted by atomic mass is 35.5. The molecule has 0 unspecified atom stereocenters. The molecule has 0 bridgehead atoms. The molecule has 1 aromatic heterocycles. The summed E-state index contributed by atoms with van der Waals surface area (Å²) in [6, 6.07) is 5.60. The van der Waals surface area contributed by atoms with Gasteiger partial charge >= 0.3 is 0 Å². The highest BCUT2D eigenvalue weighted by Gasteiger charge is 2.38. The molecular weight excluding hydrogens is 330 g/mol. The predicted molar refractivity (Wildman–Crippen MR) is 93.4 cm³/mol. The van der Waals surface area contributed by atoms with Crippen LogP contribution in [0, 0.1) is 5.41 Å². The summed E-state index contributed by atoms with van der Waals surface area (Å²) < 4.78 is 11.2. The molecule has 4 rings (SSSR count). The number of aromatic nitrogens is 1. The first-order valence-electron chi connectivity index (χ1n) is 8.20. The third-order valence-electron chi connectivity index (χ3n) is 4.91. The Morgan fingerprint density at radius 2 is 2.08 bits per heavy atom. The van der Waals surface area contributed by atoms with E-state index < -0.39 is 5.41 Å². The Hall–Kier alpha value is -1.63. The highest BCUT2D eigenvalue weighted by Crippen LogP contribution is 2.40. The number of rotatable bonds is 4. The summed E-state index contributed by atoms with van der Waals surface area (Å²) >= 11 is 0. The van der Waals surface area contributed by atoms with Gasteiger partial charge in [0.05, 0.1) is 5.41 Å². The average Bonchev–Trinajstić information content (AvgIpc) is 3.35. The van der Waals surface area contributed by atoms with E-state index >= 15 is 0 Å². The summed E-state index contributed by atoms with van der Waals surface area (Å²) in [5.74, 6) is 1.25. The van der Waals surface area contributed by atoms with Gasteiger partial charge in [0, 0.05) is 37.4 Å². The molecule has 24 heavy (non-hydrogen) atoms. The van der Waals surface area contributed by atoms with Gasteiger partial charge in [0.2, 0.25) is 5.91 Å². The van der Waals surface area contributed by atoms with Gasteiger partial charge in [0.25, 0.3) is 0 Å². The minimum absolute atomic E-state index is 0.